The average molecular weight is 301 g/mol. The summed E-state index contributed by atoms with van der Waals surface area (Å²) in [7, 11) is 0. The lowest BCUT2D eigenvalue weighted by molar-refractivity contribution is -0.384. The highest BCUT2D eigenvalue weighted by Crippen LogP contribution is 2.20. The summed E-state index contributed by atoms with van der Waals surface area (Å²) in [6.45, 7) is 1.42. The van der Waals surface area contributed by atoms with Crippen LogP contribution in [0.1, 0.15) is 12.8 Å². The lowest BCUT2D eigenvalue weighted by atomic mass is 10.2. The van der Waals surface area contributed by atoms with E-state index in [2.05, 4.69) is 0 Å². The summed E-state index contributed by atoms with van der Waals surface area (Å²) in [6.07, 6.45) is 1.98. The van der Waals surface area contributed by atoms with E-state index < -0.39 is 4.92 Å². The molecule has 0 spiro atoms. The van der Waals surface area contributed by atoms with E-state index in [0.717, 1.165) is 25.9 Å². The van der Waals surface area contributed by atoms with Crippen LogP contribution in [0.25, 0.3) is 10.9 Å². The SMILES string of the molecule is O=C(Cn1c(=O)ccc2cc([N+](=O)[O-])ccc21)N1CCCC1. The molecule has 22 heavy (non-hydrogen) atoms. The number of non-ortho nitro benzene ring substituents is 1. The van der Waals surface area contributed by atoms with Crippen LogP contribution in [0, 0.1) is 10.1 Å². The molecule has 1 aromatic carbocycles. The Kier molecular flexibility index (Phi) is 3.62. The molecular formula is C15H15N3O4. The molecule has 0 N–H and O–H groups in total. The van der Waals surface area contributed by atoms with Crippen molar-refractivity contribution in [3.05, 3.63) is 50.8 Å². The number of aromatic nitrogens is 1. The second-order valence-electron chi connectivity index (χ2n) is 5.35. The van der Waals surface area contributed by atoms with Crippen LogP contribution in [0.4, 0.5) is 5.69 Å². The number of amides is 1. The fourth-order valence-corrected chi connectivity index (χ4v) is 2.77. The minimum atomic E-state index is -0.482. The number of hydrogen-bond acceptors (Lipinski definition) is 4. The van der Waals surface area contributed by atoms with Gasteiger partial charge in [0.1, 0.15) is 6.54 Å². The zero-order chi connectivity index (χ0) is 15.7. The fraction of sp³-hybridized carbons (Fsp3) is 0.333. The number of nitro groups is 1. The number of nitro benzene ring substituents is 1. The molecule has 114 valence electrons. The first kappa shape index (κ1) is 14.2. The van der Waals surface area contributed by atoms with Crippen LogP contribution >= 0.6 is 0 Å². The second-order valence-corrected chi connectivity index (χ2v) is 5.35. The first-order valence-electron chi connectivity index (χ1n) is 7.12. The highest BCUT2D eigenvalue weighted by molar-refractivity contribution is 5.84. The quantitative estimate of drug-likeness (QED) is 0.635. The van der Waals surface area contributed by atoms with E-state index in [1.807, 2.05) is 0 Å². The molecule has 2 aromatic rings. The molecule has 0 saturated carbocycles. The fourth-order valence-electron chi connectivity index (χ4n) is 2.77. The van der Waals surface area contributed by atoms with Crippen molar-refractivity contribution in [2.75, 3.05) is 13.1 Å². The lowest BCUT2D eigenvalue weighted by Crippen LogP contribution is -2.34. The lowest BCUT2D eigenvalue weighted by Gasteiger charge is -2.17. The molecule has 0 radical (unpaired) electrons. The van der Waals surface area contributed by atoms with Crippen molar-refractivity contribution < 1.29 is 9.72 Å². The van der Waals surface area contributed by atoms with Gasteiger partial charge in [-0.1, -0.05) is 0 Å². The van der Waals surface area contributed by atoms with E-state index in [0.29, 0.717) is 10.9 Å². The molecule has 1 saturated heterocycles. The van der Waals surface area contributed by atoms with Gasteiger partial charge in [0.15, 0.2) is 0 Å². The number of rotatable bonds is 3. The van der Waals surface area contributed by atoms with Gasteiger partial charge in [-0.05, 0) is 25.0 Å². The third-order valence-corrected chi connectivity index (χ3v) is 3.94. The van der Waals surface area contributed by atoms with Gasteiger partial charge in [0, 0.05) is 36.7 Å². The minimum absolute atomic E-state index is 0.0337. The zero-order valence-corrected chi connectivity index (χ0v) is 11.9. The Bertz CT molecular complexity index is 806. The topological polar surface area (TPSA) is 85.4 Å². The summed E-state index contributed by atoms with van der Waals surface area (Å²) in [4.78, 5) is 36.4. The van der Waals surface area contributed by atoms with E-state index >= 15 is 0 Å². The van der Waals surface area contributed by atoms with Gasteiger partial charge >= 0.3 is 0 Å². The Labute approximate surface area is 125 Å². The van der Waals surface area contributed by atoms with Crippen LogP contribution in [0.3, 0.4) is 0 Å². The highest BCUT2D eigenvalue weighted by Gasteiger charge is 2.19. The summed E-state index contributed by atoms with van der Waals surface area (Å²) in [5, 5.41) is 11.4. The summed E-state index contributed by atoms with van der Waals surface area (Å²) in [6, 6.07) is 7.15. The van der Waals surface area contributed by atoms with E-state index in [-0.39, 0.29) is 23.7 Å². The minimum Gasteiger partial charge on any atom is -0.341 e. The van der Waals surface area contributed by atoms with E-state index in [1.54, 1.807) is 11.0 Å². The summed E-state index contributed by atoms with van der Waals surface area (Å²) < 4.78 is 1.37. The monoisotopic (exact) mass is 301 g/mol. The van der Waals surface area contributed by atoms with Gasteiger partial charge in [-0.15, -0.1) is 0 Å². The molecule has 3 rings (SSSR count). The molecule has 7 nitrogen and oxygen atoms in total. The van der Waals surface area contributed by atoms with Crippen molar-refractivity contribution in [2.45, 2.75) is 19.4 Å². The molecule has 1 amide bonds. The maximum atomic E-state index is 12.2. The number of carbonyl (C=O) groups excluding carboxylic acids is 1. The first-order chi connectivity index (χ1) is 10.6. The first-order valence-corrected chi connectivity index (χ1v) is 7.12. The third kappa shape index (κ3) is 2.57. The Balaban J connectivity index is 2.00. The summed E-state index contributed by atoms with van der Waals surface area (Å²) >= 11 is 0. The largest absolute Gasteiger partial charge is 0.341 e. The molecule has 0 atom stereocenters. The molecule has 0 unspecified atom stereocenters. The highest BCUT2D eigenvalue weighted by atomic mass is 16.6. The molecular weight excluding hydrogens is 286 g/mol. The van der Waals surface area contributed by atoms with Gasteiger partial charge < -0.3 is 4.90 Å². The molecule has 1 aliphatic heterocycles. The van der Waals surface area contributed by atoms with Gasteiger partial charge in [0.05, 0.1) is 10.4 Å². The number of hydrogen-bond donors (Lipinski definition) is 0. The van der Waals surface area contributed by atoms with E-state index in [4.69, 9.17) is 0 Å². The number of fused-ring (bicyclic) bond motifs is 1. The number of likely N-dealkylation sites (tertiary alicyclic amines) is 1. The third-order valence-electron chi connectivity index (χ3n) is 3.94. The Morgan fingerprint density at radius 3 is 2.59 bits per heavy atom. The molecule has 7 heteroatoms. The van der Waals surface area contributed by atoms with Crippen LogP contribution in [0.2, 0.25) is 0 Å². The molecule has 2 heterocycles. The molecule has 1 aliphatic rings. The predicted molar refractivity (Wildman–Crippen MR) is 80.7 cm³/mol. The van der Waals surface area contributed by atoms with Crippen LogP contribution < -0.4 is 5.56 Å². The van der Waals surface area contributed by atoms with Crippen molar-refractivity contribution in [3.63, 3.8) is 0 Å². The Morgan fingerprint density at radius 2 is 1.91 bits per heavy atom. The summed E-state index contributed by atoms with van der Waals surface area (Å²) in [5.41, 5.74) is 0.211. The van der Waals surface area contributed by atoms with Crippen molar-refractivity contribution in [2.24, 2.45) is 0 Å². The van der Waals surface area contributed by atoms with Gasteiger partial charge in [-0.3, -0.25) is 24.3 Å². The Hall–Kier alpha value is -2.70. The van der Waals surface area contributed by atoms with Crippen LogP contribution in [0.5, 0.6) is 0 Å². The number of benzene rings is 1. The maximum Gasteiger partial charge on any atom is 0.270 e. The molecule has 0 bridgehead atoms. The normalized spacial score (nSPS) is 14.5. The second kappa shape index (κ2) is 5.59. The van der Waals surface area contributed by atoms with Gasteiger partial charge in [0.2, 0.25) is 5.91 Å². The van der Waals surface area contributed by atoms with Gasteiger partial charge in [-0.2, -0.15) is 0 Å². The summed E-state index contributed by atoms with van der Waals surface area (Å²) in [5.74, 6) is -0.0922. The van der Waals surface area contributed by atoms with Crippen LogP contribution in [-0.4, -0.2) is 33.4 Å². The molecule has 1 fully saturated rings. The van der Waals surface area contributed by atoms with Crippen LogP contribution in [-0.2, 0) is 11.3 Å². The number of carbonyl (C=O) groups is 1. The van der Waals surface area contributed by atoms with Crippen molar-refractivity contribution in [1.82, 2.24) is 9.47 Å². The predicted octanol–water partition coefficient (Wildman–Crippen LogP) is 1.53. The maximum absolute atomic E-state index is 12.2. The van der Waals surface area contributed by atoms with Gasteiger partial charge in [0.25, 0.3) is 11.2 Å². The number of nitrogens with zero attached hydrogens (tertiary/aromatic N) is 3. The molecule has 1 aromatic heterocycles. The zero-order valence-electron chi connectivity index (χ0n) is 11.9. The smallest absolute Gasteiger partial charge is 0.270 e. The van der Waals surface area contributed by atoms with Gasteiger partial charge in [-0.25, -0.2) is 0 Å². The Morgan fingerprint density at radius 1 is 1.18 bits per heavy atom. The van der Waals surface area contributed by atoms with Crippen molar-refractivity contribution >= 4 is 22.5 Å². The van der Waals surface area contributed by atoms with Crippen LogP contribution in [0.15, 0.2) is 35.1 Å². The standard InChI is InChI=1S/C15H15N3O4/c19-14-6-3-11-9-12(18(21)22)4-5-13(11)17(14)10-15(20)16-7-1-2-8-16/h3-6,9H,1-2,7-8,10H2. The molecule has 0 aliphatic carbocycles. The van der Waals surface area contributed by atoms with E-state index in [1.165, 1.54) is 28.8 Å². The average Bonchev–Trinajstić information content (AvgIpc) is 3.04. The number of pyridine rings is 1. The van der Waals surface area contributed by atoms with Crippen molar-refractivity contribution in [1.29, 1.82) is 0 Å². The van der Waals surface area contributed by atoms with E-state index in [9.17, 15) is 19.7 Å². The van der Waals surface area contributed by atoms with Crippen molar-refractivity contribution in [3.8, 4) is 0 Å².